The summed E-state index contributed by atoms with van der Waals surface area (Å²) in [6.45, 7) is 2.24. The maximum atomic E-state index is 11.8. The summed E-state index contributed by atoms with van der Waals surface area (Å²) in [6, 6.07) is 0. The van der Waals surface area contributed by atoms with Crippen LogP contribution in [0.5, 0.6) is 0 Å². The Morgan fingerprint density at radius 3 is 2.76 bits per heavy atom. The van der Waals surface area contributed by atoms with Crippen LogP contribution in [0.2, 0.25) is 0 Å². The Morgan fingerprint density at radius 2 is 2.18 bits per heavy atom. The molecule has 0 spiro atoms. The van der Waals surface area contributed by atoms with E-state index in [2.05, 4.69) is 9.71 Å². The molecule has 1 saturated carbocycles. The van der Waals surface area contributed by atoms with Gasteiger partial charge >= 0.3 is 0 Å². The minimum atomic E-state index is -3.14. The van der Waals surface area contributed by atoms with Crippen molar-refractivity contribution in [3.8, 4) is 0 Å². The molecule has 1 aromatic heterocycles. The third-order valence-electron chi connectivity index (χ3n) is 3.07. The van der Waals surface area contributed by atoms with Gasteiger partial charge in [-0.25, -0.2) is 18.1 Å². The Kier molecular flexibility index (Phi) is 4.17. The van der Waals surface area contributed by atoms with Gasteiger partial charge in [0.05, 0.1) is 23.0 Å². The second kappa shape index (κ2) is 5.46. The minimum absolute atomic E-state index is 0.274. The van der Waals surface area contributed by atoms with Crippen LogP contribution in [0.15, 0.2) is 5.38 Å². The summed E-state index contributed by atoms with van der Waals surface area (Å²) in [5.74, 6) is 0.625. The number of aryl methyl sites for hydroxylation is 1. The van der Waals surface area contributed by atoms with Gasteiger partial charge < -0.3 is 0 Å². The lowest BCUT2D eigenvalue weighted by molar-refractivity contribution is 0.547. The molecule has 0 aliphatic heterocycles. The van der Waals surface area contributed by atoms with Gasteiger partial charge in [-0.3, -0.25) is 0 Å². The second-order valence-electron chi connectivity index (χ2n) is 4.61. The van der Waals surface area contributed by atoms with Crippen LogP contribution >= 0.6 is 11.3 Å². The van der Waals surface area contributed by atoms with Gasteiger partial charge in [-0.05, 0) is 25.7 Å². The number of aromatic nitrogens is 1. The molecule has 17 heavy (non-hydrogen) atoms. The fourth-order valence-electron chi connectivity index (χ4n) is 2.22. The van der Waals surface area contributed by atoms with E-state index in [1.807, 2.05) is 12.3 Å². The van der Waals surface area contributed by atoms with Crippen molar-refractivity contribution in [2.45, 2.75) is 39.2 Å². The Hall–Kier alpha value is -0.460. The van der Waals surface area contributed by atoms with Gasteiger partial charge in [-0.1, -0.05) is 12.8 Å². The minimum Gasteiger partial charge on any atom is -0.245 e. The molecule has 1 fully saturated rings. The van der Waals surface area contributed by atoms with E-state index in [4.69, 9.17) is 0 Å². The van der Waals surface area contributed by atoms with Crippen molar-refractivity contribution in [2.75, 3.05) is 5.75 Å². The highest BCUT2D eigenvalue weighted by Crippen LogP contribution is 2.25. The molecule has 1 N–H and O–H groups in total. The van der Waals surface area contributed by atoms with Gasteiger partial charge in [0, 0.05) is 5.38 Å². The lowest BCUT2D eigenvalue weighted by Gasteiger charge is -2.10. The molecule has 1 heterocycles. The average Bonchev–Trinajstić information content (AvgIpc) is 2.86. The van der Waals surface area contributed by atoms with Crippen molar-refractivity contribution >= 4 is 21.4 Å². The molecule has 1 aliphatic carbocycles. The van der Waals surface area contributed by atoms with Crippen LogP contribution in [-0.4, -0.2) is 19.2 Å². The van der Waals surface area contributed by atoms with E-state index in [9.17, 15) is 8.42 Å². The van der Waals surface area contributed by atoms with Crippen molar-refractivity contribution in [2.24, 2.45) is 5.92 Å². The fourth-order valence-corrected chi connectivity index (χ4v) is 4.27. The number of hydrogen-bond donors (Lipinski definition) is 1. The Bertz CT molecular complexity index is 462. The van der Waals surface area contributed by atoms with Gasteiger partial charge in [-0.15, -0.1) is 11.3 Å². The SMILES string of the molecule is Cc1nc(CNS(=O)(=O)CC2CCCC2)cs1. The first-order chi connectivity index (χ1) is 8.05. The van der Waals surface area contributed by atoms with Crippen LogP contribution in [0.4, 0.5) is 0 Å². The maximum Gasteiger partial charge on any atom is 0.212 e. The van der Waals surface area contributed by atoms with Gasteiger partial charge in [0.15, 0.2) is 0 Å². The van der Waals surface area contributed by atoms with E-state index in [1.165, 1.54) is 12.8 Å². The van der Waals surface area contributed by atoms with Crippen LogP contribution in [0.1, 0.15) is 36.4 Å². The molecule has 0 radical (unpaired) electrons. The number of hydrogen-bond acceptors (Lipinski definition) is 4. The number of thiazole rings is 1. The number of nitrogens with one attached hydrogen (secondary N) is 1. The molecule has 0 unspecified atom stereocenters. The Labute approximate surface area is 107 Å². The molecule has 0 amide bonds. The van der Waals surface area contributed by atoms with E-state index < -0.39 is 10.0 Å². The van der Waals surface area contributed by atoms with Crippen LogP contribution in [-0.2, 0) is 16.6 Å². The van der Waals surface area contributed by atoms with Crippen LogP contribution in [0.3, 0.4) is 0 Å². The maximum absolute atomic E-state index is 11.8. The smallest absolute Gasteiger partial charge is 0.212 e. The lowest BCUT2D eigenvalue weighted by Crippen LogP contribution is -2.28. The van der Waals surface area contributed by atoms with Gasteiger partial charge in [-0.2, -0.15) is 0 Å². The van der Waals surface area contributed by atoms with E-state index in [0.717, 1.165) is 23.5 Å². The zero-order chi connectivity index (χ0) is 12.3. The Morgan fingerprint density at radius 1 is 1.47 bits per heavy atom. The first kappa shape index (κ1) is 13.0. The summed E-state index contributed by atoms with van der Waals surface area (Å²) in [7, 11) is -3.14. The predicted octanol–water partition coefficient (Wildman–Crippen LogP) is 2.06. The molecule has 2 rings (SSSR count). The highest BCUT2D eigenvalue weighted by atomic mass is 32.2. The number of sulfonamides is 1. The summed E-state index contributed by atoms with van der Waals surface area (Å²) < 4.78 is 26.3. The monoisotopic (exact) mass is 274 g/mol. The average molecular weight is 274 g/mol. The normalized spacial score (nSPS) is 17.7. The molecule has 1 aliphatic rings. The lowest BCUT2D eigenvalue weighted by atomic mass is 10.1. The first-order valence-corrected chi connectivity index (χ1v) is 8.47. The van der Waals surface area contributed by atoms with E-state index in [0.29, 0.717) is 12.5 Å². The molecular formula is C11H18N2O2S2. The van der Waals surface area contributed by atoms with Crippen LogP contribution < -0.4 is 4.72 Å². The van der Waals surface area contributed by atoms with E-state index >= 15 is 0 Å². The third kappa shape index (κ3) is 4.04. The van der Waals surface area contributed by atoms with Gasteiger partial charge in [0.2, 0.25) is 10.0 Å². The van der Waals surface area contributed by atoms with Gasteiger partial charge in [0.1, 0.15) is 0 Å². The molecule has 6 heteroatoms. The van der Waals surface area contributed by atoms with Crippen LogP contribution in [0.25, 0.3) is 0 Å². The quantitative estimate of drug-likeness (QED) is 0.894. The van der Waals surface area contributed by atoms with E-state index in [1.54, 1.807) is 11.3 Å². The number of nitrogens with zero attached hydrogens (tertiary/aromatic N) is 1. The van der Waals surface area contributed by atoms with Crippen molar-refractivity contribution < 1.29 is 8.42 Å². The first-order valence-electron chi connectivity index (χ1n) is 5.93. The topological polar surface area (TPSA) is 59.1 Å². The largest absolute Gasteiger partial charge is 0.245 e. The van der Waals surface area contributed by atoms with Crippen molar-refractivity contribution in [1.29, 1.82) is 0 Å². The molecule has 4 nitrogen and oxygen atoms in total. The highest BCUT2D eigenvalue weighted by molar-refractivity contribution is 7.89. The Balaban J connectivity index is 1.84. The van der Waals surface area contributed by atoms with Crippen molar-refractivity contribution in [3.05, 3.63) is 16.1 Å². The molecule has 0 bridgehead atoms. The number of rotatable bonds is 5. The zero-order valence-corrected chi connectivity index (χ0v) is 11.6. The van der Waals surface area contributed by atoms with E-state index in [-0.39, 0.29) is 5.75 Å². The summed E-state index contributed by atoms with van der Waals surface area (Å²) >= 11 is 1.54. The molecular weight excluding hydrogens is 256 g/mol. The van der Waals surface area contributed by atoms with Crippen LogP contribution in [0, 0.1) is 12.8 Å². The predicted molar refractivity (Wildman–Crippen MR) is 69.4 cm³/mol. The fraction of sp³-hybridized carbons (Fsp3) is 0.727. The molecule has 96 valence electrons. The molecule has 1 aromatic rings. The standard InChI is InChI=1S/C11H18N2O2S2/c1-9-13-11(7-16-9)6-12-17(14,15)8-10-4-2-3-5-10/h7,10,12H,2-6,8H2,1H3. The third-order valence-corrected chi connectivity index (χ3v) is 5.39. The molecule has 0 aromatic carbocycles. The highest BCUT2D eigenvalue weighted by Gasteiger charge is 2.22. The van der Waals surface area contributed by atoms with Gasteiger partial charge in [0.25, 0.3) is 0 Å². The molecule has 0 atom stereocenters. The second-order valence-corrected chi connectivity index (χ2v) is 7.52. The summed E-state index contributed by atoms with van der Waals surface area (Å²) in [4.78, 5) is 4.24. The summed E-state index contributed by atoms with van der Waals surface area (Å²) in [5, 5.41) is 2.86. The van der Waals surface area contributed by atoms with Crippen molar-refractivity contribution in [1.82, 2.24) is 9.71 Å². The van der Waals surface area contributed by atoms with Crippen molar-refractivity contribution in [3.63, 3.8) is 0 Å². The molecule has 0 saturated heterocycles. The summed E-state index contributed by atoms with van der Waals surface area (Å²) in [5.41, 5.74) is 0.808. The summed E-state index contributed by atoms with van der Waals surface area (Å²) in [6.07, 6.45) is 4.45. The zero-order valence-electron chi connectivity index (χ0n) is 9.98.